The van der Waals surface area contributed by atoms with Gasteiger partial charge in [0.1, 0.15) is 23.5 Å². The molecule has 3 aromatic heterocycles. The van der Waals surface area contributed by atoms with Gasteiger partial charge in [-0.15, -0.1) is 0 Å². The second kappa shape index (κ2) is 8.98. The average molecular weight is 433 g/mol. The van der Waals surface area contributed by atoms with Gasteiger partial charge in [-0.25, -0.2) is 15.0 Å². The predicted molar refractivity (Wildman–Crippen MR) is 117 cm³/mol. The quantitative estimate of drug-likeness (QED) is 0.405. The lowest BCUT2D eigenvalue weighted by molar-refractivity contribution is 0.0915. The van der Waals surface area contributed by atoms with Crippen molar-refractivity contribution < 1.29 is 14.3 Å². The minimum Gasteiger partial charge on any atom is -0.440 e. The maximum absolute atomic E-state index is 12.6. The van der Waals surface area contributed by atoms with E-state index in [4.69, 9.17) is 4.42 Å². The van der Waals surface area contributed by atoms with Crippen LogP contribution in [0.5, 0.6) is 0 Å². The molecule has 0 spiro atoms. The molecule has 0 saturated heterocycles. The van der Waals surface area contributed by atoms with E-state index >= 15 is 0 Å². The summed E-state index contributed by atoms with van der Waals surface area (Å²) >= 11 is 0. The largest absolute Gasteiger partial charge is 0.440 e. The Bertz CT molecular complexity index is 1250. The van der Waals surface area contributed by atoms with Gasteiger partial charge in [-0.2, -0.15) is 5.10 Å². The number of carbonyl (C=O) groups excluding carboxylic acids is 1. The lowest BCUT2D eigenvalue weighted by Gasteiger charge is -2.11. The number of anilines is 2. The minimum absolute atomic E-state index is 0.0753. The summed E-state index contributed by atoms with van der Waals surface area (Å²) in [5, 5.41) is 19.9. The monoisotopic (exact) mass is 433 g/mol. The first-order valence-electron chi connectivity index (χ1n) is 10.0. The summed E-state index contributed by atoms with van der Waals surface area (Å²) in [4.78, 5) is 25.7. The molecule has 0 aliphatic heterocycles. The SMILES string of the molecule is Cc1cnc(Nc2ccnn2C)nc1-c1coc(C(=O)NCc2ccccc2C(C)O)n1. The van der Waals surface area contributed by atoms with Crippen LogP contribution in [0.3, 0.4) is 0 Å². The Morgan fingerprint density at radius 1 is 1.25 bits per heavy atom. The Morgan fingerprint density at radius 2 is 2.06 bits per heavy atom. The number of hydrogen-bond acceptors (Lipinski definition) is 8. The van der Waals surface area contributed by atoms with Gasteiger partial charge in [0, 0.05) is 25.9 Å². The Balaban J connectivity index is 1.49. The smallest absolute Gasteiger partial charge is 0.307 e. The number of carbonyl (C=O) groups is 1. The first-order chi connectivity index (χ1) is 15.4. The van der Waals surface area contributed by atoms with Gasteiger partial charge in [-0.1, -0.05) is 24.3 Å². The van der Waals surface area contributed by atoms with E-state index in [-0.39, 0.29) is 12.4 Å². The highest BCUT2D eigenvalue weighted by molar-refractivity contribution is 5.90. The zero-order valence-electron chi connectivity index (χ0n) is 17.9. The number of aromatic nitrogens is 5. The third kappa shape index (κ3) is 4.49. The molecule has 1 aromatic carbocycles. The van der Waals surface area contributed by atoms with Crippen molar-refractivity contribution in [3.63, 3.8) is 0 Å². The molecular formula is C22H23N7O3. The van der Waals surface area contributed by atoms with Gasteiger partial charge in [0.05, 0.1) is 12.3 Å². The molecule has 1 unspecified atom stereocenters. The number of amides is 1. The molecule has 0 radical (unpaired) electrons. The summed E-state index contributed by atoms with van der Waals surface area (Å²) in [5.74, 6) is 0.570. The molecule has 3 N–H and O–H groups in total. The Kier molecular flexibility index (Phi) is 5.95. The number of aryl methyl sites for hydroxylation is 2. The van der Waals surface area contributed by atoms with Crippen molar-refractivity contribution in [3.8, 4) is 11.4 Å². The number of rotatable bonds is 7. The zero-order chi connectivity index (χ0) is 22.7. The second-order valence-corrected chi connectivity index (χ2v) is 7.29. The van der Waals surface area contributed by atoms with E-state index in [2.05, 4.69) is 30.7 Å². The maximum Gasteiger partial charge on any atom is 0.307 e. The average Bonchev–Trinajstić information content (AvgIpc) is 3.43. The van der Waals surface area contributed by atoms with Gasteiger partial charge in [0.15, 0.2) is 0 Å². The van der Waals surface area contributed by atoms with E-state index in [1.54, 1.807) is 37.1 Å². The van der Waals surface area contributed by atoms with Crippen molar-refractivity contribution >= 4 is 17.7 Å². The predicted octanol–water partition coefficient (Wildman–Crippen LogP) is 2.90. The van der Waals surface area contributed by atoms with E-state index in [0.29, 0.717) is 17.3 Å². The van der Waals surface area contributed by atoms with Crippen LogP contribution < -0.4 is 10.6 Å². The molecule has 4 rings (SSSR count). The van der Waals surface area contributed by atoms with E-state index in [0.717, 1.165) is 22.5 Å². The van der Waals surface area contributed by atoms with E-state index < -0.39 is 12.0 Å². The van der Waals surface area contributed by atoms with Gasteiger partial charge in [0.25, 0.3) is 5.89 Å². The van der Waals surface area contributed by atoms with Crippen molar-refractivity contribution in [2.45, 2.75) is 26.5 Å². The van der Waals surface area contributed by atoms with Crippen molar-refractivity contribution in [1.82, 2.24) is 30.0 Å². The van der Waals surface area contributed by atoms with Crippen molar-refractivity contribution in [1.29, 1.82) is 0 Å². The summed E-state index contributed by atoms with van der Waals surface area (Å²) in [7, 11) is 1.81. The molecule has 164 valence electrons. The van der Waals surface area contributed by atoms with Crippen LogP contribution in [-0.2, 0) is 13.6 Å². The fourth-order valence-corrected chi connectivity index (χ4v) is 3.21. The normalized spacial score (nSPS) is 11.9. The summed E-state index contributed by atoms with van der Waals surface area (Å²) in [6.07, 6.45) is 4.09. The maximum atomic E-state index is 12.6. The number of oxazole rings is 1. The molecule has 1 atom stereocenters. The third-order valence-corrected chi connectivity index (χ3v) is 4.92. The highest BCUT2D eigenvalue weighted by atomic mass is 16.4. The Hall–Kier alpha value is -4.05. The topological polar surface area (TPSA) is 131 Å². The third-order valence-electron chi connectivity index (χ3n) is 4.92. The fraction of sp³-hybridized carbons (Fsp3) is 0.227. The standard InChI is InChI=1S/C22H23N7O3/c1-13-10-24-22(27-18-8-9-25-29(18)3)28-19(13)17-12-32-21(26-17)20(31)23-11-15-6-4-5-7-16(15)14(2)30/h4-10,12,14,30H,11H2,1-3H3,(H,23,31)(H,24,27,28). The molecular weight excluding hydrogens is 410 g/mol. The highest BCUT2D eigenvalue weighted by Crippen LogP contribution is 2.23. The molecule has 4 aromatic rings. The molecule has 0 aliphatic rings. The summed E-state index contributed by atoms with van der Waals surface area (Å²) in [5.41, 5.74) is 3.33. The highest BCUT2D eigenvalue weighted by Gasteiger charge is 2.18. The molecule has 0 bridgehead atoms. The molecule has 0 fully saturated rings. The molecule has 0 aliphatic carbocycles. The van der Waals surface area contributed by atoms with Crippen LogP contribution in [0.1, 0.15) is 40.4 Å². The lowest BCUT2D eigenvalue weighted by Crippen LogP contribution is -2.24. The number of aliphatic hydroxyl groups is 1. The minimum atomic E-state index is -0.633. The van der Waals surface area contributed by atoms with Crippen LogP contribution >= 0.6 is 0 Å². The van der Waals surface area contributed by atoms with Gasteiger partial charge in [0.2, 0.25) is 5.95 Å². The fourth-order valence-electron chi connectivity index (χ4n) is 3.21. The van der Waals surface area contributed by atoms with E-state index in [1.807, 2.05) is 31.2 Å². The van der Waals surface area contributed by atoms with E-state index in [1.165, 1.54) is 6.26 Å². The number of nitrogens with one attached hydrogen (secondary N) is 2. The number of nitrogens with zero attached hydrogens (tertiary/aromatic N) is 5. The van der Waals surface area contributed by atoms with Gasteiger partial charge in [-0.05, 0) is 30.5 Å². The Morgan fingerprint density at radius 3 is 2.81 bits per heavy atom. The van der Waals surface area contributed by atoms with Crippen LogP contribution in [0.15, 0.2) is 53.4 Å². The van der Waals surface area contributed by atoms with Crippen LogP contribution in [0.25, 0.3) is 11.4 Å². The molecule has 0 saturated carbocycles. The molecule has 10 nitrogen and oxygen atoms in total. The molecule has 1 amide bonds. The Labute approximate surface area is 184 Å². The first kappa shape index (κ1) is 21.2. The molecule has 3 heterocycles. The summed E-state index contributed by atoms with van der Waals surface area (Å²) < 4.78 is 7.06. The van der Waals surface area contributed by atoms with Gasteiger partial charge < -0.3 is 20.2 Å². The van der Waals surface area contributed by atoms with Gasteiger partial charge in [-0.3, -0.25) is 9.48 Å². The number of aliphatic hydroxyl groups excluding tert-OH is 1. The van der Waals surface area contributed by atoms with Crippen molar-refractivity contribution in [3.05, 3.63) is 71.6 Å². The molecule has 32 heavy (non-hydrogen) atoms. The van der Waals surface area contributed by atoms with E-state index in [9.17, 15) is 9.90 Å². The lowest BCUT2D eigenvalue weighted by atomic mass is 10.0. The van der Waals surface area contributed by atoms with Crippen molar-refractivity contribution in [2.24, 2.45) is 7.05 Å². The first-order valence-corrected chi connectivity index (χ1v) is 10.0. The number of benzene rings is 1. The second-order valence-electron chi connectivity index (χ2n) is 7.29. The van der Waals surface area contributed by atoms with Crippen molar-refractivity contribution in [2.75, 3.05) is 5.32 Å². The molecule has 10 heteroatoms. The number of hydrogen-bond donors (Lipinski definition) is 3. The van der Waals surface area contributed by atoms with Crippen LogP contribution in [-0.4, -0.2) is 35.7 Å². The van der Waals surface area contributed by atoms with Gasteiger partial charge >= 0.3 is 5.91 Å². The van der Waals surface area contributed by atoms with Crippen LogP contribution in [0, 0.1) is 6.92 Å². The van der Waals surface area contributed by atoms with Crippen LogP contribution in [0.2, 0.25) is 0 Å². The summed E-state index contributed by atoms with van der Waals surface area (Å²) in [6.45, 7) is 3.77. The zero-order valence-corrected chi connectivity index (χ0v) is 17.9. The summed E-state index contributed by atoms with van der Waals surface area (Å²) in [6, 6.07) is 9.17. The van der Waals surface area contributed by atoms with Crippen LogP contribution in [0.4, 0.5) is 11.8 Å².